The number of aromatic nitrogens is 3. The van der Waals surface area contributed by atoms with Crippen LogP contribution in [0.25, 0.3) is 22.2 Å². The number of nitrogens with one attached hydrogen (secondary N) is 1. The van der Waals surface area contributed by atoms with Gasteiger partial charge in [0, 0.05) is 35.9 Å². The summed E-state index contributed by atoms with van der Waals surface area (Å²) in [6.45, 7) is 5.98. The first-order valence-electron chi connectivity index (χ1n) is 9.92. The van der Waals surface area contributed by atoms with Crippen molar-refractivity contribution in [1.29, 1.82) is 0 Å². The number of para-hydroxylation sites is 1. The average Bonchev–Trinajstić information content (AvgIpc) is 3.38. The molecule has 2 aromatic heterocycles. The van der Waals surface area contributed by atoms with Gasteiger partial charge in [0.15, 0.2) is 0 Å². The van der Waals surface area contributed by atoms with Crippen LogP contribution in [0.5, 0.6) is 0 Å². The quantitative estimate of drug-likeness (QED) is 0.601. The van der Waals surface area contributed by atoms with E-state index in [0.29, 0.717) is 6.54 Å². The summed E-state index contributed by atoms with van der Waals surface area (Å²) in [5.74, 6) is 0. The third-order valence-electron chi connectivity index (χ3n) is 5.19. The minimum absolute atomic E-state index is 0.687. The molecule has 1 aliphatic rings. The lowest BCUT2D eigenvalue weighted by molar-refractivity contribution is 0.316. The maximum absolute atomic E-state index is 5.64. The van der Waals surface area contributed by atoms with Crippen molar-refractivity contribution >= 4 is 16.6 Å². The fraction of sp³-hybridized carbons (Fsp3) is 0.429. The Morgan fingerprint density at radius 1 is 1.11 bits per heavy atom. The molecule has 6 nitrogen and oxygen atoms in total. The number of likely N-dealkylation sites (tertiary alicyclic amines) is 1. The third kappa shape index (κ3) is 4.28. The molecule has 1 saturated heterocycles. The SMILES string of the molecule is NCCCNc1cc(-c2cnn(CCN3CCCC3)c2)nc2ccccc12. The molecule has 0 atom stereocenters. The molecule has 0 bridgehead atoms. The summed E-state index contributed by atoms with van der Waals surface area (Å²) in [7, 11) is 0. The Hall–Kier alpha value is -2.44. The van der Waals surface area contributed by atoms with Gasteiger partial charge in [-0.2, -0.15) is 5.10 Å². The molecule has 3 aromatic rings. The Balaban J connectivity index is 1.55. The molecule has 6 heteroatoms. The maximum atomic E-state index is 5.64. The van der Waals surface area contributed by atoms with E-state index in [-0.39, 0.29) is 0 Å². The van der Waals surface area contributed by atoms with Crippen LogP contribution in [0.4, 0.5) is 5.69 Å². The van der Waals surface area contributed by atoms with Gasteiger partial charge in [-0.05, 0) is 51.0 Å². The number of hydrogen-bond donors (Lipinski definition) is 2. The molecule has 3 N–H and O–H groups in total. The van der Waals surface area contributed by atoms with Gasteiger partial charge in [-0.1, -0.05) is 18.2 Å². The van der Waals surface area contributed by atoms with E-state index in [1.165, 1.54) is 25.9 Å². The van der Waals surface area contributed by atoms with Gasteiger partial charge in [-0.15, -0.1) is 0 Å². The topological polar surface area (TPSA) is 72.0 Å². The summed E-state index contributed by atoms with van der Waals surface area (Å²) < 4.78 is 2.03. The molecule has 27 heavy (non-hydrogen) atoms. The van der Waals surface area contributed by atoms with Crippen molar-refractivity contribution in [2.75, 3.05) is 38.0 Å². The molecule has 1 aromatic carbocycles. The molecule has 0 unspecified atom stereocenters. The molecule has 1 fully saturated rings. The van der Waals surface area contributed by atoms with E-state index in [1.54, 1.807) is 0 Å². The maximum Gasteiger partial charge on any atom is 0.0761 e. The van der Waals surface area contributed by atoms with E-state index in [4.69, 9.17) is 10.7 Å². The van der Waals surface area contributed by atoms with Crippen molar-refractivity contribution < 1.29 is 0 Å². The number of nitrogens with zero attached hydrogens (tertiary/aromatic N) is 4. The summed E-state index contributed by atoms with van der Waals surface area (Å²) in [5.41, 5.74) is 9.75. The second-order valence-electron chi connectivity index (χ2n) is 7.18. The molecule has 1 aliphatic heterocycles. The summed E-state index contributed by atoms with van der Waals surface area (Å²) in [5, 5.41) is 9.20. The standard InChI is InChI=1S/C21H28N6/c22-8-5-9-23-21-14-20(25-19-7-2-1-6-18(19)21)17-15-24-27(16-17)13-12-26-10-3-4-11-26/h1-2,6-7,14-16H,3-5,8-13,22H2,(H,23,25). The van der Waals surface area contributed by atoms with Crippen LogP contribution >= 0.6 is 0 Å². The highest BCUT2D eigenvalue weighted by molar-refractivity contribution is 5.93. The zero-order chi connectivity index (χ0) is 18.5. The fourth-order valence-electron chi connectivity index (χ4n) is 3.66. The minimum Gasteiger partial charge on any atom is -0.384 e. The van der Waals surface area contributed by atoms with Crippen LogP contribution in [-0.2, 0) is 6.54 Å². The minimum atomic E-state index is 0.687. The van der Waals surface area contributed by atoms with Crippen molar-refractivity contribution in [2.45, 2.75) is 25.8 Å². The van der Waals surface area contributed by atoms with Gasteiger partial charge in [0.2, 0.25) is 0 Å². The normalized spacial score (nSPS) is 14.9. The average molecular weight is 364 g/mol. The van der Waals surface area contributed by atoms with Gasteiger partial charge in [0.05, 0.1) is 24.0 Å². The molecule has 3 heterocycles. The largest absolute Gasteiger partial charge is 0.384 e. The number of pyridine rings is 1. The summed E-state index contributed by atoms with van der Waals surface area (Å²) in [6.07, 6.45) is 7.62. The summed E-state index contributed by atoms with van der Waals surface area (Å²) in [6, 6.07) is 10.4. The lowest BCUT2D eigenvalue weighted by atomic mass is 10.1. The van der Waals surface area contributed by atoms with Crippen LogP contribution in [0.2, 0.25) is 0 Å². The number of fused-ring (bicyclic) bond motifs is 1. The number of hydrogen-bond acceptors (Lipinski definition) is 5. The van der Waals surface area contributed by atoms with Crippen molar-refractivity contribution in [2.24, 2.45) is 5.73 Å². The van der Waals surface area contributed by atoms with Gasteiger partial charge >= 0.3 is 0 Å². The smallest absolute Gasteiger partial charge is 0.0761 e. The number of benzene rings is 1. The molecule has 0 aliphatic carbocycles. The van der Waals surface area contributed by atoms with E-state index in [9.17, 15) is 0 Å². The molecule has 4 rings (SSSR count). The van der Waals surface area contributed by atoms with Crippen LogP contribution < -0.4 is 11.1 Å². The first-order chi connectivity index (χ1) is 13.3. The van der Waals surface area contributed by atoms with Crippen molar-refractivity contribution in [3.05, 3.63) is 42.7 Å². The Labute approximate surface area is 160 Å². The third-order valence-corrected chi connectivity index (χ3v) is 5.19. The highest BCUT2D eigenvalue weighted by Gasteiger charge is 2.12. The lowest BCUT2D eigenvalue weighted by Crippen LogP contribution is -2.24. The highest BCUT2D eigenvalue weighted by Crippen LogP contribution is 2.28. The monoisotopic (exact) mass is 364 g/mol. The van der Waals surface area contributed by atoms with Crippen LogP contribution in [-0.4, -0.2) is 52.4 Å². The molecule has 0 spiro atoms. The number of anilines is 1. The van der Waals surface area contributed by atoms with Crippen molar-refractivity contribution in [3.8, 4) is 11.3 Å². The first kappa shape index (κ1) is 17.9. The molecule has 142 valence electrons. The number of nitrogens with two attached hydrogens (primary N) is 1. The van der Waals surface area contributed by atoms with Gasteiger partial charge in [-0.25, -0.2) is 4.98 Å². The van der Waals surface area contributed by atoms with Gasteiger partial charge in [0.25, 0.3) is 0 Å². The first-order valence-corrected chi connectivity index (χ1v) is 9.92. The zero-order valence-corrected chi connectivity index (χ0v) is 15.8. The second kappa shape index (κ2) is 8.50. The van der Waals surface area contributed by atoms with Crippen molar-refractivity contribution in [3.63, 3.8) is 0 Å². The molecule has 0 saturated carbocycles. The summed E-state index contributed by atoms with van der Waals surface area (Å²) in [4.78, 5) is 7.37. The molecular weight excluding hydrogens is 336 g/mol. The zero-order valence-electron chi connectivity index (χ0n) is 15.8. The van der Waals surface area contributed by atoms with Gasteiger partial charge in [-0.3, -0.25) is 4.68 Å². The predicted octanol–water partition coefficient (Wildman–Crippen LogP) is 2.95. The second-order valence-corrected chi connectivity index (χ2v) is 7.18. The van der Waals surface area contributed by atoms with Crippen LogP contribution in [0.3, 0.4) is 0 Å². The molecular formula is C21H28N6. The highest BCUT2D eigenvalue weighted by atomic mass is 15.3. The predicted molar refractivity (Wildman–Crippen MR) is 111 cm³/mol. The molecule has 0 amide bonds. The van der Waals surface area contributed by atoms with Crippen LogP contribution in [0, 0.1) is 0 Å². The Morgan fingerprint density at radius 3 is 2.81 bits per heavy atom. The van der Waals surface area contributed by atoms with E-state index in [1.807, 2.05) is 23.0 Å². The van der Waals surface area contributed by atoms with Gasteiger partial charge in [0.1, 0.15) is 0 Å². The Morgan fingerprint density at radius 2 is 1.96 bits per heavy atom. The van der Waals surface area contributed by atoms with E-state index < -0.39 is 0 Å². The van der Waals surface area contributed by atoms with Crippen molar-refractivity contribution in [1.82, 2.24) is 19.7 Å². The lowest BCUT2D eigenvalue weighted by Gasteiger charge is -2.13. The Kier molecular flexibility index (Phi) is 5.65. The van der Waals surface area contributed by atoms with Crippen LogP contribution in [0.15, 0.2) is 42.7 Å². The number of rotatable bonds is 8. The van der Waals surface area contributed by atoms with Crippen LogP contribution in [0.1, 0.15) is 19.3 Å². The summed E-state index contributed by atoms with van der Waals surface area (Å²) >= 11 is 0. The molecule has 0 radical (unpaired) electrons. The van der Waals surface area contributed by atoms with Gasteiger partial charge < -0.3 is 16.0 Å². The van der Waals surface area contributed by atoms with E-state index >= 15 is 0 Å². The Bertz CT molecular complexity index is 881. The fourth-order valence-corrected chi connectivity index (χ4v) is 3.66. The van der Waals surface area contributed by atoms with E-state index in [2.05, 4.69) is 39.7 Å². The van der Waals surface area contributed by atoms with E-state index in [0.717, 1.165) is 53.9 Å².